The molecule has 1 aromatic heterocycles. The molecule has 88 valence electrons. The number of hydrogen-bond donors (Lipinski definition) is 1. The van der Waals surface area contributed by atoms with Crippen LogP contribution < -0.4 is 4.90 Å². The van der Waals surface area contributed by atoms with Gasteiger partial charge in [0, 0.05) is 6.54 Å². The molecule has 0 bridgehead atoms. The minimum atomic E-state index is -0.131. The van der Waals surface area contributed by atoms with E-state index >= 15 is 0 Å². The molecule has 1 fully saturated rings. The summed E-state index contributed by atoms with van der Waals surface area (Å²) in [4.78, 5) is 10.5. The highest BCUT2D eigenvalue weighted by atomic mass is 35.5. The van der Waals surface area contributed by atoms with E-state index in [4.69, 9.17) is 21.4 Å². The van der Waals surface area contributed by atoms with Crippen molar-refractivity contribution in [2.24, 2.45) is 0 Å². The Balaban J connectivity index is 2.27. The minimum Gasteiger partial charge on any atom is -0.390 e. The van der Waals surface area contributed by atoms with E-state index in [2.05, 4.69) is 9.97 Å². The van der Waals surface area contributed by atoms with Gasteiger partial charge in [-0.2, -0.15) is 0 Å². The highest BCUT2D eigenvalue weighted by molar-refractivity contribution is 6.29. The topological polar surface area (TPSA) is 58.5 Å². The molecule has 1 aliphatic rings. The molecular formula is C10H14ClN3O2. The van der Waals surface area contributed by atoms with Crippen LogP contribution in [-0.2, 0) is 11.3 Å². The third kappa shape index (κ3) is 2.42. The second-order valence-corrected chi connectivity index (χ2v) is 4.14. The molecule has 2 rings (SSSR count). The predicted molar refractivity (Wildman–Crippen MR) is 60.6 cm³/mol. The maximum atomic E-state index is 9.06. The SMILES string of the molecule is CC1COCCN1c1nc(Cl)cc(CO)n1. The smallest absolute Gasteiger partial charge is 0.227 e. The first kappa shape index (κ1) is 11.6. The molecule has 0 radical (unpaired) electrons. The molecule has 1 unspecified atom stereocenters. The zero-order valence-electron chi connectivity index (χ0n) is 9.06. The number of aromatic nitrogens is 2. The first-order chi connectivity index (χ1) is 7.70. The van der Waals surface area contributed by atoms with Crippen molar-refractivity contribution in [1.82, 2.24) is 9.97 Å². The van der Waals surface area contributed by atoms with E-state index in [-0.39, 0.29) is 12.6 Å². The van der Waals surface area contributed by atoms with Crippen molar-refractivity contribution in [2.75, 3.05) is 24.7 Å². The number of anilines is 1. The fourth-order valence-corrected chi connectivity index (χ4v) is 1.89. The minimum absolute atomic E-state index is 0.131. The number of aliphatic hydroxyl groups is 1. The maximum absolute atomic E-state index is 9.06. The number of morpholine rings is 1. The van der Waals surface area contributed by atoms with Gasteiger partial charge in [-0.25, -0.2) is 9.97 Å². The molecule has 0 saturated carbocycles. The zero-order valence-corrected chi connectivity index (χ0v) is 9.81. The fourth-order valence-electron chi connectivity index (χ4n) is 1.68. The van der Waals surface area contributed by atoms with Crippen molar-refractivity contribution in [1.29, 1.82) is 0 Å². The van der Waals surface area contributed by atoms with Crippen LogP contribution in [0.5, 0.6) is 0 Å². The largest absolute Gasteiger partial charge is 0.390 e. The van der Waals surface area contributed by atoms with Crippen LogP contribution in [0.4, 0.5) is 5.95 Å². The maximum Gasteiger partial charge on any atom is 0.227 e. The lowest BCUT2D eigenvalue weighted by molar-refractivity contribution is 0.0980. The van der Waals surface area contributed by atoms with Crippen molar-refractivity contribution in [3.8, 4) is 0 Å². The second-order valence-electron chi connectivity index (χ2n) is 3.76. The van der Waals surface area contributed by atoms with Gasteiger partial charge in [-0.05, 0) is 13.0 Å². The Bertz CT molecular complexity index is 375. The fraction of sp³-hybridized carbons (Fsp3) is 0.600. The second kappa shape index (κ2) is 4.95. The molecule has 16 heavy (non-hydrogen) atoms. The Kier molecular flexibility index (Phi) is 3.58. The molecule has 0 amide bonds. The molecule has 0 spiro atoms. The predicted octanol–water partition coefficient (Wildman–Crippen LogP) is 0.847. The van der Waals surface area contributed by atoms with Crippen LogP contribution >= 0.6 is 11.6 Å². The van der Waals surface area contributed by atoms with Crippen LogP contribution in [0, 0.1) is 0 Å². The molecule has 1 aromatic rings. The van der Waals surface area contributed by atoms with Crippen molar-refractivity contribution < 1.29 is 9.84 Å². The van der Waals surface area contributed by atoms with Gasteiger partial charge in [0.05, 0.1) is 31.6 Å². The third-order valence-electron chi connectivity index (χ3n) is 2.52. The summed E-state index contributed by atoms with van der Waals surface area (Å²) in [5, 5.41) is 9.41. The van der Waals surface area contributed by atoms with Gasteiger partial charge in [-0.15, -0.1) is 0 Å². The lowest BCUT2D eigenvalue weighted by Gasteiger charge is -2.33. The standard InChI is InChI=1S/C10H14ClN3O2/c1-7-6-16-3-2-14(7)10-12-8(5-15)4-9(11)13-10/h4,7,15H,2-3,5-6H2,1H3. The molecule has 0 aliphatic carbocycles. The highest BCUT2D eigenvalue weighted by Crippen LogP contribution is 2.18. The van der Waals surface area contributed by atoms with Gasteiger partial charge in [0.15, 0.2) is 0 Å². The van der Waals surface area contributed by atoms with Crippen LogP contribution in [0.15, 0.2) is 6.07 Å². The van der Waals surface area contributed by atoms with Gasteiger partial charge in [-0.1, -0.05) is 11.6 Å². The van der Waals surface area contributed by atoms with Gasteiger partial charge < -0.3 is 14.7 Å². The van der Waals surface area contributed by atoms with Crippen LogP contribution in [0.1, 0.15) is 12.6 Å². The monoisotopic (exact) mass is 243 g/mol. The summed E-state index contributed by atoms with van der Waals surface area (Å²) < 4.78 is 5.34. The summed E-state index contributed by atoms with van der Waals surface area (Å²) in [6.07, 6.45) is 0. The van der Waals surface area contributed by atoms with E-state index in [0.717, 1.165) is 6.54 Å². The Morgan fingerprint density at radius 2 is 2.44 bits per heavy atom. The van der Waals surface area contributed by atoms with E-state index in [1.165, 1.54) is 0 Å². The summed E-state index contributed by atoms with van der Waals surface area (Å²) in [5.74, 6) is 0.562. The number of nitrogens with zero attached hydrogens (tertiary/aromatic N) is 3. The van der Waals surface area contributed by atoms with Crippen molar-refractivity contribution >= 4 is 17.5 Å². The Labute approximate surface area is 99.0 Å². The van der Waals surface area contributed by atoms with Gasteiger partial charge in [0.25, 0.3) is 0 Å². The molecule has 2 heterocycles. The van der Waals surface area contributed by atoms with Crippen molar-refractivity contribution in [3.63, 3.8) is 0 Å². The summed E-state index contributed by atoms with van der Waals surface area (Å²) in [5.41, 5.74) is 0.536. The van der Waals surface area contributed by atoms with E-state index in [1.54, 1.807) is 6.07 Å². The van der Waals surface area contributed by atoms with Crippen LogP contribution in [0.3, 0.4) is 0 Å². The summed E-state index contributed by atoms with van der Waals surface area (Å²) >= 11 is 5.88. The molecule has 5 nitrogen and oxygen atoms in total. The Morgan fingerprint density at radius 3 is 3.12 bits per heavy atom. The number of aliphatic hydroxyl groups excluding tert-OH is 1. The molecule has 0 aromatic carbocycles. The number of rotatable bonds is 2. The molecule has 1 aliphatic heterocycles. The number of halogens is 1. The normalized spacial score (nSPS) is 21.2. The molecule has 1 N–H and O–H groups in total. The zero-order chi connectivity index (χ0) is 11.5. The van der Waals surface area contributed by atoms with Crippen LogP contribution in [0.2, 0.25) is 5.15 Å². The first-order valence-corrected chi connectivity index (χ1v) is 5.57. The Hall–Kier alpha value is -0.910. The van der Waals surface area contributed by atoms with Crippen molar-refractivity contribution in [3.05, 3.63) is 16.9 Å². The highest BCUT2D eigenvalue weighted by Gasteiger charge is 2.21. The number of hydrogen-bond acceptors (Lipinski definition) is 5. The molecule has 1 atom stereocenters. The van der Waals surface area contributed by atoms with Gasteiger partial charge in [0.1, 0.15) is 5.15 Å². The van der Waals surface area contributed by atoms with Crippen LogP contribution in [0.25, 0.3) is 0 Å². The van der Waals surface area contributed by atoms with Gasteiger partial charge >= 0.3 is 0 Å². The lowest BCUT2D eigenvalue weighted by atomic mass is 10.3. The first-order valence-electron chi connectivity index (χ1n) is 5.19. The van der Waals surface area contributed by atoms with Crippen molar-refractivity contribution in [2.45, 2.75) is 19.6 Å². The Morgan fingerprint density at radius 1 is 1.62 bits per heavy atom. The van der Waals surface area contributed by atoms with Crippen LogP contribution in [-0.4, -0.2) is 40.9 Å². The molecular weight excluding hydrogens is 230 g/mol. The van der Waals surface area contributed by atoms with E-state index in [1.807, 2.05) is 11.8 Å². The van der Waals surface area contributed by atoms with E-state index < -0.39 is 0 Å². The van der Waals surface area contributed by atoms with Gasteiger partial charge in [0.2, 0.25) is 5.95 Å². The van der Waals surface area contributed by atoms with Gasteiger partial charge in [-0.3, -0.25) is 0 Å². The number of ether oxygens (including phenoxy) is 1. The molecule has 1 saturated heterocycles. The average molecular weight is 244 g/mol. The lowest BCUT2D eigenvalue weighted by Crippen LogP contribution is -2.44. The summed E-state index contributed by atoms with van der Waals surface area (Å²) in [7, 11) is 0. The summed E-state index contributed by atoms with van der Waals surface area (Å²) in [6, 6.07) is 1.79. The van der Waals surface area contributed by atoms with E-state index in [0.29, 0.717) is 30.0 Å². The third-order valence-corrected chi connectivity index (χ3v) is 2.72. The molecule has 6 heteroatoms. The van der Waals surface area contributed by atoms with E-state index in [9.17, 15) is 0 Å². The average Bonchev–Trinajstić information content (AvgIpc) is 2.28. The summed E-state index contributed by atoms with van der Waals surface area (Å²) in [6.45, 7) is 3.97. The quantitative estimate of drug-likeness (QED) is 0.781.